The van der Waals surface area contributed by atoms with Gasteiger partial charge in [0, 0.05) is 0 Å². The minimum atomic E-state index is 0.661. The van der Waals surface area contributed by atoms with Gasteiger partial charge in [0.2, 0.25) is 0 Å². The molecule has 2 fully saturated rings. The Morgan fingerprint density at radius 1 is 0.905 bits per heavy atom. The van der Waals surface area contributed by atoms with Gasteiger partial charge in [-0.2, -0.15) is 0 Å². The molecule has 0 heterocycles. The lowest BCUT2D eigenvalue weighted by molar-refractivity contribution is 0.00994. The molecule has 2 saturated carbocycles. The van der Waals surface area contributed by atoms with Crippen molar-refractivity contribution in [3.63, 3.8) is 0 Å². The maximum Gasteiger partial charge on any atom is -0.0128 e. The predicted octanol–water partition coefficient (Wildman–Crippen LogP) is 6.10. The molecule has 0 N–H and O–H groups in total. The van der Waals surface area contributed by atoms with Gasteiger partial charge in [-0.1, -0.05) is 56.9 Å². The van der Waals surface area contributed by atoms with E-state index in [2.05, 4.69) is 31.2 Å². The molecule has 0 aliphatic heterocycles. The van der Waals surface area contributed by atoms with Crippen molar-refractivity contribution in [3.8, 4) is 0 Å². The van der Waals surface area contributed by atoms with Crippen molar-refractivity contribution in [2.45, 2.75) is 77.0 Å². The van der Waals surface area contributed by atoms with Crippen LogP contribution in [0.15, 0.2) is 24.3 Å². The normalized spacial score (nSPS) is 39.4. The monoisotopic (exact) mass is 282 g/mol. The molecule has 1 aromatic rings. The SMILES string of the molecule is C[C@]12CCCCCC[C@@H]1[C@H]1CCc3ccccc3[C@@H]1CC2. The predicted molar refractivity (Wildman–Crippen MR) is 89.5 cm³/mol. The van der Waals surface area contributed by atoms with E-state index in [9.17, 15) is 0 Å². The lowest BCUT2D eigenvalue weighted by Gasteiger charge is -2.53. The van der Waals surface area contributed by atoms with E-state index in [4.69, 9.17) is 0 Å². The number of hydrogen-bond acceptors (Lipinski definition) is 0. The van der Waals surface area contributed by atoms with Crippen LogP contribution >= 0.6 is 0 Å². The Hall–Kier alpha value is -0.780. The summed E-state index contributed by atoms with van der Waals surface area (Å²) in [6.07, 6.45) is 14.7. The zero-order valence-electron chi connectivity index (χ0n) is 13.6. The molecule has 0 saturated heterocycles. The molecular formula is C21H30. The molecular weight excluding hydrogens is 252 g/mol. The second-order valence-corrected chi connectivity index (χ2v) is 8.26. The summed E-state index contributed by atoms with van der Waals surface area (Å²) in [6, 6.07) is 9.34. The topological polar surface area (TPSA) is 0 Å². The zero-order chi connectivity index (χ0) is 14.3. The largest absolute Gasteiger partial charge is 0.0620 e. The van der Waals surface area contributed by atoms with Crippen LogP contribution in [0.1, 0.15) is 81.8 Å². The lowest BCUT2D eigenvalue weighted by Crippen LogP contribution is -2.43. The molecule has 0 heteroatoms. The number of hydrogen-bond donors (Lipinski definition) is 0. The van der Waals surface area contributed by atoms with E-state index in [0.29, 0.717) is 5.41 Å². The fourth-order valence-corrected chi connectivity index (χ4v) is 6.04. The Kier molecular flexibility index (Phi) is 3.59. The molecule has 1 aromatic carbocycles. The molecule has 3 aliphatic carbocycles. The third-order valence-corrected chi connectivity index (χ3v) is 7.17. The molecule has 0 bridgehead atoms. The molecule has 0 aromatic heterocycles. The fourth-order valence-electron chi connectivity index (χ4n) is 6.04. The summed E-state index contributed by atoms with van der Waals surface area (Å²) in [4.78, 5) is 0. The molecule has 114 valence electrons. The maximum absolute atomic E-state index is 2.64. The van der Waals surface area contributed by atoms with Crippen molar-refractivity contribution in [2.24, 2.45) is 17.3 Å². The highest BCUT2D eigenvalue weighted by Crippen LogP contribution is 2.58. The first-order valence-electron chi connectivity index (χ1n) is 9.36. The second-order valence-electron chi connectivity index (χ2n) is 8.26. The van der Waals surface area contributed by atoms with Gasteiger partial charge in [0.1, 0.15) is 0 Å². The Bertz CT molecular complexity index is 503. The van der Waals surface area contributed by atoms with E-state index < -0.39 is 0 Å². The summed E-state index contributed by atoms with van der Waals surface area (Å²) in [6.45, 7) is 2.64. The Morgan fingerprint density at radius 2 is 1.76 bits per heavy atom. The molecule has 0 radical (unpaired) electrons. The highest BCUT2D eigenvalue weighted by atomic mass is 14.5. The van der Waals surface area contributed by atoms with Crippen LogP contribution in [-0.4, -0.2) is 0 Å². The first-order valence-corrected chi connectivity index (χ1v) is 9.36. The van der Waals surface area contributed by atoms with E-state index in [1.165, 1.54) is 64.2 Å². The molecule has 3 aliphatic rings. The minimum absolute atomic E-state index is 0.661. The van der Waals surface area contributed by atoms with Gasteiger partial charge in [0.05, 0.1) is 0 Å². The zero-order valence-corrected chi connectivity index (χ0v) is 13.6. The van der Waals surface area contributed by atoms with Crippen LogP contribution in [0.25, 0.3) is 0 Å². The summed E-state index contributed by atoms with van der Waals surface area (Å²) in [5.41, 5.74) is 4.04. The summed E-state index contributed by atoms with van der Waals surface area (Å²) in [5.74, 6) is 2.87. The summed E-state index contributed by atoms with van der Waals surface area (Å²) in [5, 5.41) is 0. The quantitative estimate of drug-likeness (QED) is 0.539. The summed E-state index contributed by atoms with van der Waals surface area (Å²) in [7, 11) is 0. The molecule has 4 atom stereocenters. The van der Waals surface area contributed by atoms with Crippen molar-refractivity contribution in [1.29, 1.82) is 0 Å². The fraction of sp³-hybridized carbons (Fsp3) is 0.714. The van der Waals surface area contributed by atoms with Crippen LogP contribution in [-0.2, 0) is 6.42 Å². The van der Waals surface area contributed by atoms with Gasteiger partial charge in [-0.3, -0.25) is 0 Å². The second kappa shape index (κ2) is 5.45. The van der Waals surface area contributed by atoms with Crippen LogP contribution in [0.5, 0.6) is 0 Å². The van der Waals surface area contributed by atoms with Crippen LogP contribution in [0.3, 0.4) is 0 Å². The van der Waals surface area contributed by atoms with Crippen molar-refractivity contribution >= 4 is 0 Å². The van der Waals surface area contributed by atoms with Gasteiger partial charge >= 0.3 is 0 Å². The third kappa shape index (κ3) is 2.35. The van der Waals surface area contributed by atoms with E-state index in [-0.39, 0.29) is 0 Å². The van der Waals surface area contributed by atoms with Crippen molar-refractivity contribution in [1.82, 2.24) is 0 Å². The molecule has 0 nitrogen and oxygen atoms in total. The van der Waals surface area contributed by atoms with E-state index in [1.54, 1.807) is 11.1 Å². The summed E-state index contributed by atoms with van der Waals surface area (Å²) < 4.78 is 0. The first kappa shape index (κ1) is 13.9. The molecule has 0 unspecified atom stereocenters. The van der Waals surface area contributed by atoms with Crippen molar-refractivity contribution in [3.05, 3.63) is 35.4 Å². The molecule has 4 rings (SSSR count). The van der Waals surface area contributed by atoms with Crippen molar-refractivity contribution in [2.75, 3.05) is 0 Å². The Morgan fingerprint density at radius 3 is 2.71 bits per heavy atom. The van der Waals surface area contributed by atoms with Crippen molar-refractivity contribution < 1.29 is 0 Å². The Labute approximate surface area is 130 Å². The lowest BCUT2D eigenvalue weighted by atomic mass is 9.52. The van der Waals surface area contributed by atoms with Gasteiger partial charge in [-0.15, -0.1) is 0 Å². The molecule has 0 amide bonds. The molecule has 21 heavy (non-hydrogen) atoms. The smallest absolute Gasteiger partial charge is 0.0128 e. The van der Waals surface area contributed by atoms with Gasteiger partial charge in [0.25, 0.3) is 0 Å². The average molecular weight is 282 g/mol. The Balaban J connectivity index is 1.66. The maximum atomic E-state index is 2.64. The highest BCUT2D eigenvalue weighted by Gasteiger charge is 2.47. The number of aryl methyl sites for hydroxylation is 1. The third-order valence-electron chi connectivity index (χ3n) is 7.17. The summed E-state index contributed by atoms with van der Waals surface area (Å²) >= 11 is 0. The standard InChI is InChI=1S/C21H30/c1-21-14-7-3-2-4-10-20(21)19-12-11-16-8-5-6-9-17(16)18(19)13-15-21/h5-6,8-9,18-20H,2-4,7,10-15H2,1H3/t18-,19-,20+,21+/m0/s1. The van der Waals surface area contributed by atoms with Crippen LogP contribution < -0.4 is 0 Å². The number of rotatable bonds is 0. The first-order chi connectivity index (χ1) is 10.3. The molecule has 0 spiro atoms. The van der Waals surface area contributed by atoms with Gasteiger partial charge in [-0.25, -0.2) is 0 Å². The van der Waals surface area contributed by atoms with E-state index in [0.717, 1.165) is 17.8 Å². The van der Waals surface area contributed by atoms with Gasteiger partial charge < -0.3 is 0 Å². The number of fused-ring (bicyclic) bond motifs is 5. The van der Waals surface area contributed by atoms with Crippen LogP contribution in [0, 0.1) is 17.3 Å². The van der Waals surface area contributed by atoms with E-state index >= 15 is 0 Å². The average Bonchev–Trinajstić information content (AvgIpc) is 2.49. The van der Waals surface area contributed by atoms with Crippen LogP contribution in [0.4, 0.5) is 0 Å². The van der Waals surface area contributed by atoms with E-state index in [1.807, 2.05) is 0 Å². The number of benzene rings is 1. The minimum Gasteiger partial charge on any atom is -0.0620 e. The highest BCUT2D eigenvalue weighted by molar-refractivity contribution is 5.34. The van der Waals surface area contributed by atoms with Gasteiger partial charge in [0.15, 0.2) is 0 Å². The van der Waals surface area contributed by atoms with Gasteiger partial charge in [-0.05, 0) is 72.8 Å². The van der Waals surface area contributed by atoms with Crippen LogP contribution in [0.2, 0.25) is 0 Å².